The number of furan rings is 1. The van der Waals surface area contributed by atoms with Crippen LogP contribution >= 0.6 is 12.2 Å². The van der Waals surface area contributed by atoms with Crippen molar-refractivity contribution >= 4 is 38.7 Å². The summed E-state index contributed by atoms with van der Waals surface area (Å²) in [6, 6.07) is 16.3. The molecule has 1 aromatic carbocycles. The van der Waals surface area contributed by atoms with Gasteiger partial charge in [0.05, 0.1) is 18.0 Å². The molecule has 0 saturated carbocycles. The van der Waals surface area contributed by atoms with Gasteiger partial charge >= 0.3 is 0 Å². The molecule has 1 aliphatic rings. The molecule has 1 aliphatic heterocycles. The summed E-state index contributed by atoms with van der Waals surface area (Å²) >= 11 is 5.64. The number of nitrogens with one attached hydrogen (secondary N) is 2. The standard InChI is InChI=1S/C20H20N4O3S2/c1-13-6-11-17(27-13)19-18(16-5-3-4-12-21-16)22-20(28)24(19)15-9-7-14(8-10-15)23-29(2,25)26/h3-12,18-19,23H,1-2H3,(H,22,28). The average Bonchev–Trinajstić information content (AvgIpc) is 3.25. The molecular weight excluding hydrogens is 408 g/mol. The van der Waals surface area contributed by atoms with Crippen molar-refractivity contribution in [2.75, 3.05) is 15.9 Å². The summed E-state index contributed by atoms with van der Waals surface area (Å²) in [5.74, 6) is 1.58. The maximum absolute atomic E-state index is 11.5. The maximum atomic E-state index is 11.5. The fraction of sp³-hybridized carbons (Fsp3) is 0.200. The number of rotatable bonds is 5. The first-order valence-electron chi connectivity index (χ1n) is 8.97. The number of thiocarbonyl (C=S) groups is 1. The second kappa shape index (κ2) is 7.49. The summed E-state index contributed by atoms with van der Waals surface area (Å²) < 4.78 is 31.3. The molecule has 0 spiro atoms. The zero-order valence-corrected chi connectivity index (χ0v) is 17.5. The lowest BCUT2D eigenvalue weighted by atomic mass is 10.0. The number of sulfonamides is 1. The van der Waals surface area contributed by atoms with E-state index in [4.69, 9.17) is 16.6 Å². The Morgan fingerprint density at radius 2 is 1.90 bits per heavy atom. The summed E-state index contributed by atoms with van der Waals surface area (Å²) in [6.07, 6.45) is 2.87. The van der Waals surface area contributed by atoms with Crippen molar-refractivity contribution in [2.45, 2.75) is 19.0 Å². The van der Waals surface area contributed by atoms with Crippen LogP contribution in [-0.4, -0.2) is 24.8 Å². The third-order valence-electron chi connectivity index (χ3n) is 4.60. The van der Waals surface area contributed by atoms with Crippen molar-refractivity contribution < 1.29 is 12.8 Å². The molecule has 7 nitrogen and oxygen atoms in total. The summed E-state index contributed by atoms with van der Waals surface area (Å²) in [5, 5.41) is 3.90. The summed E-state index contributed by atoms with van der Waals surface area (Å²) in [5.41, 5.74) is 2.16. The first-order valence-corrected chi connectivity index (χ1v) is 11.3. The molecule has 2 unspecified atom stereocenters. The van der Waals surface area contributed by atoms with Gasteiger partial charge in [0.1, 0.15) is 17.6 Å². The number of anilines is 2. The monoisotopic (exact) mass is 428 g/mol. The number of benzene rings is 1. The van der Waals surface area contributed by atoms with Gasteiger partial charge in [-0.1, -0.05) is 6.07 Å². The molecule has 1 fully saturated rings. The van der Waals surface area contributed by atoms with Gasteiger partial charge in [-0.3, -0.25) is 9.71 Å². The minimum atomic E-state index is -3.34. The molecule has 0 aliphatic carbocycles. The Balaban J connectivity index is 1.73. The highest BCUT2D eigenvalue weighted by atomic mass is 32.2. The molecule has 3 heterocycles. The lowest BCUT2D eigenvalue weighted by Crippen LogP contribution is -2.29. The lowest BCUT2D eigenvalue weighted by Gasteiger charge is -2.26. The fourth-order valence-corrected chi connectivity index (χ4v) is 4.35. The van der Waals surface area contributed by atoms with Gasteiger partial charge < -0.3 is 14.6 Å². The van der Waals surface area contributed by atoms with Gasteiger partial charge in [0.15, 0.2) is 5.11 Å². The minimum Gasteiger partial charge on any atom is -0.464 e. The molecule has 0 amide bonds. The summed E-state index contributed by atoms with van der Waals surface area (Å²) in [4.78, 5) is 6.46. The van der Waals surface area contributed by atoms with Gasteiger partial charge in [0, 0.05) is 17.6 Å². The molecule has 3 aromatic rings. The van der Waals surface area contributed by atoms with Crippen LogP contribution in [0.5, 0.6) is 0 Å². The van der Waals surface area contributed by atoms with Crippen LogP contribution in [0.4, 0.5) is 11.4 Å². The first kappa shape index (κ1) is 19.4. The zero-order chi connectivity index (χ0) is 20.6. The summed E-state index contributed by atoms with van der Waals surface area (Å²) in [7, 11) is -3.34. The van der Waals surface area contributed by atoms with E-state index in [0.29, 0.717) is 10.8 Å². The Morgan fingerprint density at radius 3 is 2.48 bits per heavy atom. The van der Waals surface area contributed by atoms with Gasteiger partial charge in [0.2, 0.25) is 10.0 Å². The maximum Gasteiger partial charge on any atom is 0.229 e. The minimum absolute atomic E-state index is 0.192. The third kappa shape index (κ3) is 4.10. The predicted octanol–water partition coefficient (Wildman–Crippen LogP) is 3.53. The molecule has 1 saturated heterocycles. The molecule has 9 heteroatoms. The van der Waals surface area contributed by atoms with E-state index in [1.807, 2.05) is 54.3 Å². The second-order valence-electron chi connectivity index (χ2n) is 6.87. The van der Waals surface area contributed by atoms with Crippen LogP contribution < -0.4 is 14.9 Å². The number of pyridine rings is 1. The first-order chi connectivity index (χ1) is 13.8. The quantitative estimate of drug-likeness (QED) is 0.601. The SMILES string of the molecule is Cc1ccc(C2C(c3ccccn3)NC(=S)N2c2ccc(NS(C)(=O)=O)cc2)o1. The Bertz CT molecular complexity index is 1130. The van der Waals surface area contributed by atoms with E-state index < -0.39 is 10.0 Å². The van der Waals surface area contributed by atoms with Gasteiger partial charge in [-0.25, -0.2) is 8.42 Å². The van der Waals surface area contributed by atoms with Crippen molar-refractivity contribution in [3.63, 3.8) is 0 Å². The molecule has 150 valence electrons. The number of hydrogen-bond donors (Lipinski definition) is 2. The van der Waals surface area contributed by atoms with Crippen LogP contribution in [0.1, 0.15) is 29.3 Å². The van der Waals surface area contributed by atoms with Crippen LogP contribution in [0.15, 0.2) is 65.2 Å². The van der Waals surface area contributed by atoms with Crippen molar-refractivity contribution in [3.05, 3.63) is 78.0 Å². The second-order valence-corrected chi connectivity index (χ2v) is 9.00. The highest BCUT2D eigenvalue weighted by Gasteiger charge is 2.42. The molecule has 0 bridgehead atoms. The van der Waals surface area contributed by atoms with E-state index in [1.54, 1.807) is 18.3 Å². The Labute approximate surface area is 174 Å². The largest absolute Gasteiger partial charge is 0.464 e. The third-order valence-corrected chi connectivity index (χ3v) is 5.52. The normalized spacial score (nSPS) is 19.2. The lowest BCUT2D eigenvalue weighted by molar-refractivity contribution is 0.418. The molecule has 2 atom stereocenters. The molecule has 29 heavy (non-hydrogen) atoms. The van der Waals surface area contributed by atoms with E-state index in [2.05, 4.69) is 15.0 Å². The smallest absolute Gasteiger partial charge is 0.229 e. The van der Waals surface area contributed by atoms with Gasteiger partial charge in [-0.05, 0) is 67.7 Å². The van der Waals surface area contributed by atoms with Crippen LogP contribution in [0.2, 0.25) is 0 Å². The number of aromatic nitrogens is 1. The average molecular weight is 429 g/mol. The molecule has 2 aromatic heterocycles. The van der Waals surface area contributed by atoms with E-state index in [9.17, 15) is 8.42 Å². The Hall–Kier alpha value is -2.91. The van der Waals surface area contributed by atoms with E-state index >= 15 is 0 Å². The van der Waals surface area contributed by atoms with E-state index in [-0.39, 0.29) is 12.1 Å². The number of hydrogen-bond acceptors (Lipinski definition) is 5. The van der Waals surface area contributed by atoms with Crippen molar-refractivity contribution in [3.8, 4) is 0 Å². The van der Waals surface area contributed by atoms with Crippen molar-refractivity contribution in [1.82, 2.24) is 10.3 Å². The summed E-state index contributed by atoms with van der Waals surface area (Å²) in [6.45, 7) is 1.90. The number of aryl methyl sites for hydroxylation is 1. The topological polar surface area (TPSA) is 87.5 Å². The van der Waals surface area contributed by atoms with Gasteiger partial charge in [-0.2, -0.15) is 0 Å². The fourth-order valence-electron chi connectivity index (χ4n) is 3.44. The highest BCUT2D eigenvalue weighted by molar-refractivity contribution is 7.92. The molecule has 0 radical (unpaired) electrons. The van der Waals surface area contributed by atoms with Crippen molar-refractivity contribution in [2.24, 2.45) is 0 Å². The van der Waals surface area contributed by atoms with Gasteiger partial charge in [0.25, 0.3) is 0 Å². The predicted molar refractivity (Wildman–Crippen MR) is 116 cm³/mol. The Kier molecular flexibility index (Phi) is 5.01. The van der Waals surface area contributed by atoms with Crippen LogP contribution in [-0.2, 0) is 10.0 Å². The molecule has 2 N–H and O–H groups in total. The van der Waals surface area contributed by atoms with E-state index in [1.165, 1.54) is 0 Å². The van der Waals surface area contributed by atoms with Crippen molar-refractivity contribution in [1.29, 1.82) is 0 Å². The van der Waals surface area contributed by atoms with Crippen LogP contribution in [0, 0.1) is 6.92 Å². The van der Waals surface area contributed by atoms with Crippen LogP contribution in [0.3, 0.4) is 0 Å². The highest BCUT2D eigenvalue weighted by Crippen LogP contribution is 2.42. The molecular formula is C20H20N4O3S2. The zero-order valence-electron chi connectivity index (χ0n) is 15.9. The molecule has 4 rings (SSSR count). The van der Waals surface area contributed by atoms with E-state index in [0.717, 1.165) is 29.2 Å². The van der Waals surface area contributed by atoms with Crippen LogP contribution in [0.25, 0.3) is 0 Å². The number of nitrogens with zero attached hydrogens (tertiary/aromatic N) is 2. The van der Waals surface area contributed by atoms with Gasteiger partial charge in [-0.15, -0.1) is 0 Å². The Morgan fingerprint density at radius 1 is 1.14 bits per heavy atom.